The number of rotatable bonds is 8. The van der Waals surface area contributed by atoms with Gasteiger partial charge in [0.25, 0.3) is 0 Å². The average Bonchev–Trinajstić information content (AvgIpc) is 2.32. The molecule has 1 atom stereocenters. The Labute approximate surface area is 116 Å². The fraction of sp³-hybridized carbons (Fsp3) is 0.500. The third kappa shape index (κ3) is 6.01. The minimum Gasteiger partial charge on any atom is -0.376 e. The quantitative estimate of drug-likeness (QED) is 0.559. The number of aryl methyl sites for hydroxylation is 2. The molecule has 3 N–H and O–H groups in total. The van der Waals surface area contributed by atoms with E-state index in [1.165, 1.54) is 16.7 Å². The van der Waals surface area contributed by atoms with Crippen molar-refractivity contribution in [3.8, 4) is 0 Å². The van der Waals surface area contributed by atoms with Crippen molar-refractivity contribution in [2.24, 2.45) is 5.73 Å². The summed E-state index contributed by atoms with van der Waals surface area (Å²) < 4.78 is 5.47. The van der Waals surface area contributed by atoms with Crippen molar-refractivity contribution in [3.05, 3.63) is 47.0 Å². The standard InChI is InChI=1S/C16H26N2O/c1-12(2)11-19-6-5-18-16(10-17)15-8-13(3)7-14(4)9-15/h7-9,16,18H,1,5-6,10-11,17H2,2-4H3. The highest BCUT2D eigenvalue weighted by molar-refractivity contribution is 5.30. The van der Waals surface area contributed by atoms with Crippen LogP contribution in [0.25, 0.3) is 0 Å². The van der Waals surface area contributed by atoms with E-state index in [0.717, 1.165) is 12.1 Å². The van der Waals surface area contributed by atoms with Crippen LogP contribution in [0.1, 0.15) is 29.7 Å². The number of ether oxygens (including phenoxy) is 1. The largest absolute Gasteiger partial charge is 0.376 e. The van der Waals surface area contributed by atoms with Gasteiger partial charge in [-0.1, -0.05) is 41.5 Å². The van der Waals surface area contributed by atoms with Crippen LogP contribution in [0, 0.1) is 13.8 Å². The molecule has 3 nitrogen and oxygen atoms in total. The van der Waals surface area contributed by atoms with Gasteiger partial charge in [-0.05, 0) is 26.3 Å². The Kier molecular flexibility index (Phi) is 6.78. The summed E-state index contributed by atoms with van der Waals surface area (Å²) >= 11 is 0. The Morgan fingerprint density at radius 3 is 2.47 bits per heavy atom. The Balaban J connectivity index is 2.46. The molecule has 0 saturated carbocycles. The number of nitrogens with two attached hydrogens (primary N) is 1. The first-order valence-electron chi connectivity index (χ1n) is 6.76. The smallest absolute Gasteiger partial charge is 0.0672 e. The molecule has 1 aromatic carbocycles. The van der Waals surface area contributed by atoms with Crippen LogP contribution in [0.5, 0.6) is 0 Å². The molecule has 1 aromatic rings. The van der Waals surface area contributed by atoms with Crippen molar-refractivity contribution in [1.82, 2.24) is 5.32 Å². The molecular weight excluding hydrogens is 236 g/mol. The molecule has 1 rings (SSSR count). The number of hydrogen-bond donors (Lipinski definition) is 2. The van der Waals surface area contributed by atoms with Crippen LogP contribution in [-0.4, -0.2) is 26.3 Å². The molecule has 0 spiro atoms. The van der Waals surface area contributed by atoms with Crippen molar-refractivity contribution in [2.45, 2.75) is 26.8 Å². The van der Waals surface area contributed by atoms with Gasteiger partial charge in [-0.3, -0.25) is 0 Å². The van der Waals surface area contributed by atoms with Gasteiger partial charge in [-0.2, -0.15) is 0 Å². The lowest BCUT2D eigenvalue weighted by molar-refractivity contribution is 0.155. The molecule has 0 saturated heterocycles. The summed E-state index contributed by atoms with van der Waals surface area (Å²) in [5, 5.41) is 3.43. The van der Waals surface area contributed by atoms with Crippen molar-refractivity contribution in [2.75, 3.05) is 26.3 Å². The summed E-state index contributed by atoms with van der Waals surface area (Å²) in [4.78, 5) is 0. The Morgan fingerprint density at radius 1 is 1.32 bits per heavy atom. The van der Waals surface area contributed by atoms with Crippen LogP contribution >= 0.6 is 0 Å². The Bertz CT molecular complexity index is 395. The van der Waals surface area contributed by atoms with Crippen molar-refractivity contribution in [3.63, 3.8) is 0 Å². The normalized spacial score (nSPS) is 12.4. The van der Waals surface area contributed by atoms with Crippen molar-refractivity contribution in [1.29, 1.82) is 0 Å². The maximum atomic E-state index is 5.85. The lowest BCUT2D eigenvalue weighted by atomic mass is 10.0. The third-order valence-corrected chi connectivity index (χ3v) is 2.87. The molecule has 0 bridgehead atoms. The van der Waals surface area contributed by atoms with Crippen LogP contribution in [0.2, 0.25) is 0 Å². The van der Waals surface area contributed by atoms with Crippen LogP contribution in [0.4, 0.5) is 0 Å². The van der Waals surface area contributed by atoms with Gasteiger partial charge in [0.15, 0.2) is 0 Å². The van der Waals surface area contributed by atoms with E-state index in [0.29, 0.717) is 19.8 Å². The minimum absolute atomic E-state index is 0.187. The molecule has 0 amide bonds. The maximum absolute atomic E-state index is 5.85. The summed E-state index contributed by atoms with van der Waals surface area (Å²) in [6.07, 6.45) is 0. The molecular formula is C16H26N2O. The number of nitrogens with one attached hydrogen (secondary N) is 1. The molecule has 0 aliphatic heterocycles. The minimum atomic E-state index is 0.187. The number of benzene rings is 1. The van der Waals surface area contributed by atoms with Crippen LogP contribution < -0.4 is 11.1 Å². The van der Waals surface area contributed by atoms with Crippen molar-refractivity contribution < 1.29 is 4.74 Å². The van der Waals surface area contributed by atoms with Crippen LogP contribution in [0.15, 0.2) is 30.4 Å². The molecule has 0 aliphatic rings. The summed E-state index contributed by atoms with van der Waals surface area (Å²) in [6, 6.07) is 6.73. The summed E-state index contributed by atoms with van der Waals surface area (Å²) in [7, 11) is 0. The first-order chi connectivity index (χ1) is 9.02. The van der Waals surface area contributed by atoms with Gasteiger partial charge in [0.2, 0.25) is 0 Å². The average molecular weight is 262 g/mol. The first-order valence-corrected chi connectivity index (χ1v) is 6.76. The van der Waals surface area contributed by atoms with Crippen LogP contribution in [0.3, 0.4) is 0 Å². The highest BCUT2D eigenvalue weighted by Crippen LogP contribution is 2.16. The summed E-state index contributed by atoms with van der Waals surface area (Å²) in [5.74, 6) is 0. The molecule has 106 valence electrons. The second-order valence-corrected chi connectivity index (χ2v) is 5.17. The zero-order chi connectivity index (χ0) is 14.3. The van der Waals surface area contributed by atoms with Crippen molar-refractivity contribution >= 4 is 0 Å². The van der Waals surface area contributed by atoms with Gasteiger partial charge in [-0.15, -0.1) is 0 Å². The van der Waals surface area contributed by atoms with Gasteiger partial charge in [0, 0.05) is 19.1 Å². The monoisotopic (exact) mass is 262 g/mol. The second-order valence-electron chi connectivity index (χ2n) is 5.17. The molecule has 1 unspecified atom stereocenters. The SMILES string of the molecule is C=C(C)COCCNC(CN)c1cc(C)cc(C)c1. The first kappa shape index (κ1) is 15.9. The second kappa shape index (κ2) is 8.10. The van der Waals surface area contributed by atoms with E-state index >= 15 is 0 Å². The van der Waals surface area contributed by atoms with E-state index in [1.54, 1.807) is 0 Å². The predicted octanol–water partition coefficient (Wildman–Crippen LogP) is 2.49. The van der Waals surface area contributed by atoms with Gasteiger partial charge >= 0.3 is 0 Å². The number of hydrogen-bond acceptors (Lipinski definition) is 3. The highest BCUT2D eigenvalue weighted by atomic mass is 16.5. The lowest BCUT2D eigenvalue weighted by Crippen LogP contribution is -2.31. The molecule has 0 aliphatic carbocycles. The Morgan fingerprint density at radius 2 is 1.95 bits per heavy atom. The van der Waals surface area contributed by atoms with E-state index in [-0.39, 0.29) is 6.04 Å². The fourth-order valence-electron chi connectivity index (χ4n) is 2.10. The lowest BCUT2D eigenvalue weighted by Gasteiger charge is -2.18. The molecule has 3 heteroatoms. The summed E-state index contributed by atoms with van der Waals surface area (Å²) in [6.45, 7) is 12.7. The summed E-state index contributed by atoms with van der Waals surface area (Å²) in [5.41, 5.74) is 10.7. The maximum Gasteiger partial charge on any atom is 0.0672 e. The molecule has 0 radical (unpaired) electrons. The van der Waals surface area contributed by atoms with Gasteiger partial charge in [-0.25, -0.2) is 0 Å². The molecule has 0 heterocycles. The zero-order valence-corrected chi connectivity index (χ0v) is 12.3. The zero-order valence-electron chi connectivity index (χ0n) is 12.3. The molecule has 19 heavy (non-hydrogen) atoms. The van der Waals surface area contributed by atoms with Gasteiger partial charge in [0.05, 0.1) is 13.2 Å². The molecule has 0 aromatic heterocycles. The topological polar surface area (TPSA) is 47.3 Å². The van der Waals surface area contributed by atoms with E-state index in [2.05, 4.69) is 43.9 Å². The van der Waals surface area contributed by atoms with E-state index < -0.39 is 0 Å². The van der Waals surface area contributed by atoms with E-state index in [4.69, 9.17) is 10.5 Å². The van der Waals surface area contributed by atoms with Gasteiger partial charge < -0.3 is 15.8 Å². The predicted molar refractivity (Wildman–Crippen MR) is 81.3 cm³/mol. The van der Waals surface area contributed by atoms with E-state index in [1.807, 2.05) is 6.92 Å². The Hall–Kier alpha value is -1.16. The highest BCUT2D eigenvalue weighted by Gasteiger charge is 2.09. The third-order valence-electron chi connectivity index (χ3n) is 2.87. The van der Waals surface area contributed by atoms with E-state index in [9.17, 15) is 0 Å². The fourth-order valence-corrected chi connectivity index (χ4v) is 2.10. The molecule has 0 fully saturated rings. The van der Waals surface area contributed by atoms with Gasteiger partial charge in [0.1, 0.15) is 0 Å². The van der Waals surface area contributed by atoms with Crippen LogP contribution in [-0.2, 0) is 4.74 Å².